The Hall–Kier alpha value is -0.420. The first-order chi connectivity index (χ1) is 8.13. The molecule has 0 bridgehead atoms. The largest absolute Gasteiger partial charge is 0.381 e. The molecule has 1 heterocycles. The van der Waals surface area contributed by atoms with Gasteiger partial charge in [-0.25, -0.2) is 0 Å². The summed E-state index contributed by atoms with van der Waals surface area (Å²) in [5, 5.41) is 2.13. The van der Waals surface area contributed by atoms with Crippen LogP contribution in [-0.4, -0.2) is 37.2 Å². The van der Waals surface area contributed by atoms with Crippen molar-refractivity contribution >= 4 is 11.3 Å². The number of hydrogen-bond acceptors (Lipinski definition) is 4. The lowest BCUT2D eigenvalue weighted by Crippen LogP contribution is -2.63. The van der Waals surface area contributed by atoms with Gasteiger partial charge in [-0.2, -0.15) is 0 Å². The van der Waals surface area contributed by atoms with Gasteiger partial charge in [0.05, 0.1) is 6.10 Å². The van der Waals surface area contributed by atoms with Crippen LogP contribution in [0, 0.1) is 0 Å². The normalized spacial score (nSPS) is 30.3. The van der Waals surface area contributed by atoms with E-state index >= 15 is 0 Å². The van der Waals surface area contributed by atoms with Crippen LogP contribution in [0.2, 0.25) is 0 Å². The molecule has 2 rings (SSSR count). The SMILES string of the molecule is COC1CC(CN)(N(C)C(C)c2cccs2)C1. The van der Waals surface area contributed by atoms with Crippen molar-refractivity contribution in [1.82, 2.24) is 4.90 Å². The molecule has 3 nitrogen and oxygen atoms in total. The van der Waals surface area contributed by atoms with E-state index in [0.29, 0.717) is 18.7 Å². The van der Waals surface area contributed by atoms with Gasteiger partial charge in [0, 0.05) is 30.1 Å². The van der Waals surface area contributed by atoms with Crippen molar-refractivity contribution in [2.75, 3.05) is 20.7 Å². The van der Waals surface area contributed by atoms with Gasteiger partial charge in [0.2, 0.25) is 0 Å². The molecule has 0 amide bonds. The smallest absolute Gasteiger partial charge is 0.0607 e. The fraction of sp³-hybridized carbons (Fsp3) is 0.692. The Balaban J connectivity index is 2.06. The van der Waals surface area contributed by atoms with Crippen molar-refractivity contribution in [3.8, 4) is 0 Å². The van der Waals surface area contributed by atoms with E-state index < -0.39 is 0 Å². The molecule has 17 heavy (non-hydrogen) atoms. The Morgan fingerprint density at radius 3 is 2.82 bits per heavy atom. The maximum absolute atomic E-state index is 5.98. The number of likely N-dealkylation sites (N-methyl/N-ethyl adjacent to an activating group) is 1. The Morgan fingerprint density at radius 2 is 2.35 bits per heavy atom. The first-order valence-corrected chi connectivity index (χ1v) is 7.00. The highest BCUT2D eigenvalue weighted by Crippen LogP contribution is 2.42. The van der Waals surface area contributed by atoms with Crippen molar-refractivity contribution in [3.05, 3.63) is 22.4 Å². The Kier molecular flexibility index (Phi) is 3.88. The second-order valence-electron chi connectivity index (χ2n) is 5.00. The molecule has 1 atom stereocenters. The number of nitrogens with two attached hydrogens (primary N) is 1. The third kappa shape index (κ3) is 2.27. The summed E-state index contributed by atoms with van der Waals surface area (Å²) in [5.74, 6) is 0. The van der Waals surface area contributed by atoms with Crippen molar-refractivity contribution < 1.29 is 4.74 Å². The van der Waals surface area contributed by atoms with Crippen LogP contribution in [-0.2, 0) is 4.74 Å². The molecule has 1 aliphatic rings. The highest BCUT2D eigenvalue weighted by Gasteiger charge is 2.47. The number of rotatable bonds is 5. The molecule has 4 heteroatoms. The lowest BCUT2D eigenvalue weighted by molar-refractivity contribution is -0.0900. The summed E-state index contributed by atoms with van der Waals surface area (Å²) in [6, 6.07) is 4.73. The number of hydrogen-bond donors (Lipinski definition) is 1. The molecule has 2 N–H and O–H groups in total. The third-order valence-corrected chi connectivity index (χ3v) is 5.26. The van der Waals surface area contributed by atoms with E-state index in [0.717, 1.165) is 12.8 Å². The summed E-state index contributed by atoms with van der Waals surface area (Å²) < 4.78 is 5.38. The number of methoxy groups -OCH3 is 1. The molecule has 0 radical (unpaired) electrons. The topological polar surface area (TPSA) is 38.5 Å². The Bertz CT molecular complexity index is 346. The molecule has 1 saturated carbocycles. The van der Waals surface area contributed by atoms with Crippen LogP contribution in [0.25, 0.3) is 0 Å². The fourth-order valence-corrected chi connectivity index (χ4v) is 3.51. The summed E-state index contributed by atoms with van der Waals surface area (Å²) in [4.78, 5) is 3.83. The zero-order valence-electron chi connectivity index (χ0n) is 10.8. The minimum absolute atomic E-state index is 0.129. The zero-order chi connectivity index (χ0) is 12.5. The van der Waals surface area contributed by atoms with Crippen LogP contribution in [0.4, 0.5) is 0 Å². The maximum Gasteiger partial charge on any atom is 0.0607 e. The molecule has 0 aliphatic heterocycles. The van der Waals surface area contributed by atoms with Gasteiger partial charge in [-0.15, -0.1) is 11.3 Å². The van der Waals surface area contributed by atoms with Crippen LogP contribution < -0.4 is 5.73 Å². The molecule has 96 valence electrons. The number of ether oxygens (including phenoxy) is 1. The zero-order valence-corrected chi connectivity index (χ0v) is 11.7. The van der Waals surface area contributed by atoms with Crippen molar-refractivity contribution in [2.24, 2.45) is 5.73 Å². The summed E-state index contributed by atoms with van der Waals surface area (Å²) >= 11 is 1.81. The average molecular weight is 254 g/mol. The van der Waals surface area contributed by atoms with Crippen molar-refractivity contribution in [2.45, 2.75) is 37.5 Å². The molecular formula is C13H22N2OS. The van der Waals surface area contributed by atoms with Gasteiger partial charge in [-0.1, -0.05) is 6.07 Å². The van der Waals surface area contributed by atoms with Crippen LogP contribution >= 0.6 is 11.3 Å². The summed E-state index contributed by atoms with van der Waals surface area (Å²) in [7, 11) is 3.97. The first kappa shape index (κ1) is 13.0. The molecule has 1 aromatic heterocycles. The lowest BCUT2D eigenvalue weighted by Gasteiger charge is -2.53. The molecular weight excluding hydrogens is 232 g/mol. The predicted molar refractivity (Wildman–Crippen MR) is 72.3 cm³/mol. The van der Waals surface area contributed by atoms with Crippen LogP contribution in [0.1, 0.15) is 30.7 Å². The van der Waals surface area contributed by atoms with Gasteiger partial charge in [-0.05, 0) is 38.3 Å². The van der Waals surface area contributed by atoms with E-state index in [1.165, 1.54) is 4.88 Å². The van der Waals surface area contributed by atoms with Gasteiger partial charge in [0.15, 0.2) is 0 Å². The van der Waals surface area contributed by atoms with E-state index in [4.69, 9.17) is 10.5 Å². The minimum atomic E-state index is 0.129. The van der Waals surface area contributed by atoms with E-state index in [1.54, 1.807) is 7.11 Å². The van der Waals surface area contributed by atoms with Crippen molar-refractivity contribution in [1.29, 1.82) is 0 Å². The predicted octanol–water partition coefficient (Wildman–Crippen LogP) is 2.25. The molecule has 1 aromatic rings. The lowest BCUT2D eigenvalue weighted by atomic mass is 9.72. The molecule has 1 unspecified atom stereocenters. The van der Waals surface area contributed by atoms with Crippen LogP contribution in [0.3, 0.4) is 0 Å². The van der Waals surface area contributed by atoms with Gasteiger partial charge in [0.1, 0.15) is 0 Å². The standard InChI is InChI=1S/C13H22N2OS/c1-10(12-5-4-6-17-12)15(2)13(9-14)7-11(8-13)16-3/h4-6,10-11H,7-9,14H2,1-3H3. The Morgan fingerprint density at radius 1 is 1.65 bits per heavy atom. The molecule has 0 saturated heterocycles. The maximum atomic E-state index is 5.98. The van der Waals surface area contributed by atoms with E-state index in [-0.39, 0.29) is 5.54 Å². The summed E-state index contributed by atoms with van der Waals surface area (Å²) in [5.41, 5.74) is 6.11. The van der Waals surface area contributed by atoms with Gasteiger partial charge < -0.3 is 10.5 Å². The monoisotopic (exact) mass is 254 g/mol. The van der Waals surface area contributed by atoms with Gasteiger partial charge >= 0.3 is 0 Å². The van der Waals surface area contributed by atoms with Crippen LogP contribution in [0.15, 0.2) is 17.5 Å². The second kappa shape index (κ2) is 5.06. The average Bonchev–Trinajstić information content (AvgIpc) is 2.81. The van der Waals surface area contributed by atoms with Crippen LogP contribution in [0.5, 0.6) is 0 Å². The number of nitrogens with zero attached hydrogens (tertiary/aromatic N) is 1. The summed E-state index contributed by atoms with van der Waals surface area (Å²) in [6.07, 6.45) is 2.48. The number of thiophene rings is 1. The molecule has 0 aromatic carbocycles. The first-order valence-electron chi connectivity index (χ1n) is 6.12. The molecule has 1 fully saturated rings. The Labute approximate surface area is 108 Å². The third-order valence-electron chi connectivity index (χ3n) is 4.21. The highest BCUT2D eigenvalue weighted by atomic mass is 32.1. The fourth-order valence-electron chi connectivity index (χ4n) is 2.68. The highest BCUT2D eigenvalue weighted by molar-refractivity contribution is 7.10. The van der Waals surface area contributed by atoms with E-state index in [9.17, 15) is 0 Å². The molecule has 1 aliphatic carbocycles. The van der Waals surface area contributed by atoms with Gasteiger partial charge in [0.25, 0.3) is 0 Å². The molecule has 0 spiro atoms. The van der Waals surface area contributed by atoms with E-state index in [1.807, 2.05) is 11.3 Å². The summed E-state index contributed by atoms with van der Waals surface area (Å²) in [6.45, 7) is 2.96. The minimum Gasteiger partial charge on any atom is -0.381 e. The quantitative estimate of drug-likeness (QED) is 0.876. The van der Waals surface area contributed by atoms with Crippen molar-refractivity contribution in [3.63, 3.8) is 0 Å². The van der Waals surface area contributed by atoms with Gasteiger partial charge in [-0.3, -0.25) is 4.90 Å². The second-order valence-corrected chi connectivity index (χ2v) is 5.98. The van der Waals surface area contributed by atoms with E-state index in [2.05, 4.69) is 36.4 Å².